The number of rotatable bonds is 5. The fourth-order valence-electron chi connectivity index (χ4n) is 5.76. The molecule has 4 aromatic rings. The van der Waals surface area contributed by atoms with Crippen molar-refractivity contribution in [2.75, 3.05) is 26.2 Å². The summed E-state index contributed by atoms with van der Waals surface area (Å²) < 4.78 is 4.93. The second kappa shape index (κ2) is 11.1. The first-order valence-corrected chi connectivity index (χ1v) is 13.7. The van der Waals surface area contributed by atoms with Gasteiger partial charge in [0, 0.05) is 37.4 Å². The molecule has 2 N–H and O–H groups in total. The van der Waals surface area contributed by atoms with Crippen molar-refractivity contribution >= 4 is 40.4 Å². The van der Waals surface area contributed by atoms with Gasteiger partial charge in [0.2, 0.25) is 0 Å². The first-order valence-electron chi connectivity index (χ1n) is 13.3. The predicted molar refractivity (Wildman–Crippen MR) is 156 cm³/mol. The molecule has 11 heteroatoms. The molecule has 1 fully saturated rings. The van der Waals surface area contributed by atoms with Crippen molar-refractivity contribution in [1.29, 1.82) is 0 Å². The van der Waals surface area contributed by atoms with Crippen LogP contribution >= 0.6 is 12.2 Å². The second-order valence-electron chi connectivity index (χ2n) is 10.1. The number of carboxylic acid groups (broad SMARTS) is 1. The molecular weight excluding hydrogens is 540 g/mol. The highest BCUT2D eigenvalue weighted by Gasteiger charge is 2.43. The number of aromatic nitrogens is 2. The number of carboxylic acids is 1. The summed E-state index contributed by atoms with van der Waals surface area (Å²) in [6, 6.07) is 24.5. The van der Waals surface area contributed by atoms with Gasteiger partial charge in [0.25, 0.3) is 0 Å². The molecule has 208 valence electrons. The maximum absolute atomic E-state index is 14.1. The van der Waals surface area contributed by atoms with Crippen molar-refractivity contribution in [3.05, 3.63) is 107 Å². The van der Waals surface area contributed by atoms with Crippen LogP contribution in [0.15, 0.2) is 94.8 Å². The largest absolute Gasteiger partial charge is 0.478 e. The lowest BCUT2D eigenvalue weighted by molar-refractivity contribution is -0.133. The topological polar surface area (TPSA) is 115 Å². The van der Waals surface area contributed by atoms with E-state index in [0.717, 1.165) is 0 Å². The first kappa shape index (κ1) is 26.6. The summed E-state index contributed by atoms with van der Waals surface area (Å²) in [7, 11) is 0. The molecule has 1 saturated heterocycles. The third kappa shape index (κ3) is 4.94. The number of hydrogen-bond donors (Lipinski definition) is 2. The van der Waals surface area contributed by atoms with Crippen LogP contribution in [0.3, 0.4) is 0 Å². The lowest BCUT2D eigenvalue weighted by Gasteiger charge is -2.44. The third-order valence-corrected chi connectivity index (χ3v) is 7.98. The van der Waals surface area contributed by atoms with Gasteiger partial charge in [-0.25, -0.2) is 14.2 Å². The predicted octanol–water partition coefficient (Wildman–Crippen LogP) is 4.34. The number of aliphatic carboxylic acids is 1. The lowest BCUT2D eigenvalue weighted by Crippen LogP contribution is -2.58. The number of hydrogen-bond acceptors (Lipinski definition) is 7. The number of thiocarbonyl (C=S) groups is 1. The highest BCUT2D eigenvalue weighted by molar-refractivity contribution is 7.80. The molecule has 3 heterocycles. The van der Waals surface area contributed by atoms with Crippen LogP contribution in [0.5, 0.6) is 0 Å². The van der Waals surface area contributed by atoms with Crippen LogP contribution in [-0.4, -0.2) is 73.4 Å². The van der Waals surface area contributed by atoms with E-state index in [-0.39, 0.29) is 22.8 Å². The summed E-state index contributed by atoms with van der Waals surface area (Å²) >= 11 is 5.63. The Morgan fingerprint density at radius 2 is 1.56 bits per heavy atom. The summed E-state index contributed by atoms with van der Waals surface area (Å²) in [6.07, 6.45) is 0. The van der Waals surface area contributed by atoms with Crippen molar-refractivity contribution in [2.24, 2.45) is 0 Å². The fraction of sp³-hybridized carbons (Fsp3) is 0.233. The quantitative estimate of drug-likeness (QED) is 0.339. The van der Waals surface area contributed by atoms with Crippen LogP contribution in [-0.2, 0) is 4.79 Å². The Hall–Kier alpha value is -4.61. The van der Waals surface area contributed by atoms with Gasteiger partial charge in [-0.2, -0.15) is 0 Å². The van der Waals surface area contributed by atoms with E-state index in [1.165, 1.54) is 16.0 Å². The minimum atomic E-state index is -1.16. The Morgan fingerprint density at radius 3 is 2.17 bits per heavy atom. The summed E-state index contributed by atoms with van der Waals surface area (Å²) in [5.74, 6) is -1.16. The minimum Gasteiger partial charge on any atom is -0.478 e. The summed E-state index contributed by atoms with van der Waals surface area (Å²) in [5.41, 5.74) is 4.05. The zero-order valence-corrected chi connectivity index (χ0v) is 23.1. The van der Waals surface area contributed by atoms with E-state index in [9.17, 15) is 14.7 Å². The molecule has 0 aliphatic carbocycles. The highest BCUT2D eigenvalue weighted by atomic mass is 32.1. The Morgan fingerprint density at radius 1 is 0.927 bits per heavy atom. The van der Waals surface area contributed by atoms with Gasteiger partial charge in [-0.3, -0.25) is 9.80 Å². The number of allylic oxidation sites excluding steroid dienone is 1. The standard InChI is InChI=1S/C30H28N6O4S/c1-19-24(28(37)38)27(22-13-8-14-23-25(22)33-40-32-23)36(29(41)31-19)30(39)35-17-15-34(16-18-35)26(20-9-4-2-5-10-20)21-11-6-3-7-12-21/h2-14,26-27H,15-18H2,1H3,(H,31,41)(H,37,38). The Bertz CT molecular complexity index is 1590. The SMILES string of the molecule is CC1=C(C(=O)O)C(c2cccc3nonc23)N(C(=O)N2CCN(C(c3ccccc3)c3ccccc3)CC2)C(=S)N1. The van der Waals surface area contributed by atoms with Crippen molar-refractivity contribution in [3.63, 3.8) is 0 Å². The summed E-state index contributed by atoms with van der Waals surface area (Å²) in [5, 5.41) is 21.2. The molecule has 1 aromatic heterocycles. The number of benzene rings is 3. The number of carbonyl (C=O) groups excluding carboxylic acids is 1. The number of urea groups is 1. The molecule has 1 unspecified atom stereocenters. The summed E-state index contributed by atoms with van der Waals surface area (Å²) in [6.45, 7) is 3.78. The Balaban J connectivity index is 1.30. The van der Waals surface area contributed by atoms with E-state index in [2.05, 4.69) is 44.8 Å². The molecular formula is C30H28N6O4S. The molecule has 0 spiro atoms. The molecule has 1 atom stereocenters. The van der Waals surface area contributed by atoms with E-state index >= 15 is 0 Å². The molecule has 2 amide bonds. The average molecular weight is 569 g/mol. The van der Waals surface area contributed by atoms with Crippen LogP contribution in [0.2, 0.25) is 0 Å². The number of nitrogens with one attached hydrogen (secondary N) is 1. The van der Waals surface area contributed by atoms with Gasteiger partial charge in [0.15, 0.2) is 5.11 Å². The van der Waals surface area contributed by atoms with Crippen LogP contribution in [0.25, 0.3) is 11.0 Å². The lowest BCUT2D eigenvalue weighted by atomic mass is 9.93. The van der Waals surface area contributed by atoms with Crippen molar-refractivity contribution < 1.29 is 19.3 Å². The van der Waals surface area contributed by atoms with Crippen LogP contribution in [0.4, 0.5) is 4.79 Å². The number of amides is 2. The zero-order chi connectivity index (χ0) is 28.5. The highest BCUT2D eigenvalue weighted by Crippen LogP contribution is 2.38. The van der Waals surface area contributed by atoms with Crippen LogP contribution in [0.1, 0.15) is 35.7 Å². The van der Waals surface area contributed by atoms with Gasteiger partial charge in [-0.1, -0.05) is 72.8 Å². The summed E-state index contributed by atoms with van der Waals surface area (Å²) in [4.78, 5) is 32.1. The molecule has 3 aromatic carbocycles. The minimum absolute atomic E-state index is 0.00862. The van der Waals surface area contributed by atoms with E-state index < -0.39 is 12.0 Å². The first-order chi connectivity index (χ1) is 19.9. The Kier molecular flexibility index (Phi) is 7.21. The van der Waals surface area contributed by atoms with Gasteiger partial charge in [0.1, 0.15) is 17.1 Å². The molecule has 6 rings (SSSR count). The molecule has 41 heavy (non-hydrogen) atoms. The van der Waals surface area contributed by atoms with E-state index in [0.29, 0.717) is 48.5 Å². The number of fused-ring (bicyclic) bond motifs is 1. The van der Waals surface area contributed by atoms with Gasteiger partial charge in [-0.05, 0) is 46.6 Å². The number of carbonyl (C=O) groups is 2. The van der Waals surface area contributed by atoms with Gasteiger partial charge in [0.05, 0.1) is 11.6 Å². The monoisotopic (exact) mass is 568 g/mol. The van der Waals surface area contributed by atoms with Crippen LogP contribution < -0.4 is 5.32 Å². The van der Waals surface area contributed by atoms with Gasteiger partial charge < -0.3 is 15.3 Å². The third-order valence-electron chi connectivity index (χ3n) is 7.68. The van der Waals surface area contributed by atoms with E-state index in [1.54, 1.807) is 30.0 Å². The van der Waals surface area contributed by atoms with E-state index in [4.69, 9.17) is 16.8 Å². The number of nitrogens with zero attached hydrogens (tertiary/aromatic N) is 5. The van der Waals surface area contributed by atoms with Crippen LogP contribution in [0, 0.1) is 0 Å². The molecule has 10 nitrogen and oxygen atoms in total. The molecule has 0 bridgehead atoms. The second-order valence-corrected chi connectivity index (χ2v) is 10.4. The Labute approximate surface area is 241 Å². The normalized spacial score (nSPS) is 18.2. The van der Waals surface area contributed by atoms with Crippen molar-refractivity contribution in [3.8, 4) is 0 Å². The van der Waals surface area contributed by atoms with Gasteiger partial charge in [-0.15, -0.1) is 0 Å². The zero-order valence-electron chi connectivity index (χ0n) is 22.3. The number of piperazine rings is 1. The van der Waals surface area contributed by atoms with Gasteiger partial charge >= 0.3 is 12.0 Å². The van der Waals surface area contributed by atoms with E-state index in [1.807, 2.05) is 36.4 Å². The van der Waals surface area contributed by atoms with Crippen molar-refractivity contribution in [2.45, 2.75) is 19.0 Å². The molecule has 0 saturated carbocycles. The molecule has 0 radical (unpaired) electrons. The average Bonchev–Trinajstić information content (AvgIpc) is 3.47. The molecule has 2 aliphatic rings. The smallest absolute Gasteiger partial charge is 0.335 e. The maximum atomic E-state index is 14.1. The fourth-order valence-corrected chi connectivity index (χ4v) is 6.10. The maximum Gasteiger partial charge on any atom is 0.335 e. The van der Waals surface area contributed by atoms with Crippen molar-refractivity contribution in [1.82, 2.24) is 30.3 Å². The molecule has 2 aliphatic heterocycles.